The van der Waals surface area contributed by atoms with Crippen molar-refractivity contribution in [1.82, 2.24) is 63.0 Å². The molecule has 2 fully saturated rings. The standard InChI is InChI=1S/C66H92N13O31P/c1-30(2)52(76-57(96)39(18-21-48(85)86)70-63(102)53(32(4)81)77-55(94)37(67)27-50(89)90)62(101)73-42(25-33-9-13-35(82)14-10-33)59(98)69-38(17-20-47(83)84)56(95)75-44(29-80)65(104)79-24-6-8-46(79)61(100)72-41(26-34-11-15-36(16-12-34)110-111(107,108)109)58(97)68-31(3)54(93)74-43(28-51(91)92)64(103)78-23-5-7-45(78)60(99)71-40(66(105)106)19-22-49(87)88/h9-16,30-32,37-46,52-53,80-81,107-109H,5-8,17-29,67H2,1-4H3,(H16-,68,69,70,71,72,73,74,75,76,77,82,83,84,85,86,87,88,89,90,91,92,93,94,95,96,97,98,99,100,101,102,105,106)/p+2/t31-,32+,37-,38-,39-,40-,41-,42-,43-,44-,45-,46-,52-,53-/m0/s1. The molecule has 0 saturated carbocycles. The minimum atomic E-state index is -4.85. The fourth-order valence-electron chi connectivity index (χ4n) is 11.6. The molecule has 111 heavy (non-hydrogen) atoms. The fourth-order valence-corrected chi connectivity index (χ4v) is 12.0. The van der Waals surface area contributed by atoms with Gasteiger partial charge in [0.2, 0.25) is 65.0 Å². The number of carbonyl (C=O) groups is 18. The van der Waals surface area contributed by atoms with Crippen LogP contribution in [0.25, 0.3) is 0 Å². The predicted octanol–water partition coefficient (Wildman–Crippen LogP) is -7.67. The van der Waals surface area contributed by atoms with Crippen molar-refractivity contribution in [2.75, 3.05) is 19.7 Å². The lowest BCUT2D eigenvalue weighted by atomic mass is 9.99. The first-order chi connectivity index (χ1) is 51.9. The van der Waals surface area contributed by atoms with E-state index in [4.69, 9.17) is 14.7 Å². The molecule has 25 N–H and O–H groups in total. The number of likely N-dealkylation sites (tertiary alicyclic amines) is 2. The van der Waals surface area contributed by atoms with Gasteiger partial charge in [0.25, 0.3) is 5.91 Å². The molecule has 12 amide bonds. The summed E-state index contributed by atoms with van der Waals surface area (Å²) in [5, 5.41) is 111. The normalized spacial score (nSPS) is 17.3. The van der Waals surface area contributed by atoms with Crippen LogP contribution < -0.4 is 63.4 Å². The monoisotopic (exact) mass is 1600 g/mol. The summed E-state index contributed by atoms with van der Waals surface area (Å²) in [6.45, 7) is 3.30. The van der Waals surface area contributed by atoms with Crippen LogP contribution in [0.1, 0.15) is 116 Å². The van der Waals surface area contributed by atoms with Gasteiger partial charge in [-0.25, -0.2) is 4.79 Å². The molecule has 0 radical (unpaired) electrons. The molecule has 0 bridgehead atoms. The maximum absolute atomic E-state index is 14.6. The van der Waals surface area contributed by atoms with E-state index in [0.29, 0.717) is 0 Å². The molecule has 2 aromatic rings. The van der Waals surface area contributed by atoms with Crippen LogP contribution in [-0.2, 0) is 99.1 Å². The molecular formula is C66H94N13O31P+2. The van der Waals surface area contributed by atoms with Crippen LogP contribution in [0.2, 0.25) is 0 Å². The van der Waals surface area contributed by atoms with E-state index in [1.54, 1.807) is 0 Å². The van der Waals surface area contributed by atoms with Crippen LogP contribution in [-0.4, -0.2) is 281 Å². The van der Waals surface area contributed by atoms with Crippen LogP contribution in [0.3, 0.4) is 0 Å². The molecule has 0 unspecified atom stereocenters. The number of phenols is 1. The summed E-state index contributed by atoms with van der Waals surface area (Å²) in [5.74, 6) is -24.4. The quantitative estimate of drug-likeness (QED) is 0.0274. The molecular weight excluding hydrogens is 1500 g/mol. The second-order valence-electron chi connectivity index (χ2n) is 26.5. The van der Waals surface area contributed by atoms with E-state index >= 15 is 0 Å². The van der Waals surface area contributed by atoms with Crippen molar-refractivity contribution in [1.29, 1.82) is 0 Å². The number of carboxylic acid groups (broad SMARTS) is 6. The summed E-state index contributed by atoms with van der Waals surface area (Å²) in [6, 6.07) is -12.8. The van der Waals surface area contributed by atoms with E-state index in [-0.39, 0.29) is 61.4 Å². The zero-order valence-corrected chi connectivity index (χ0v) is 61.4. The van der Waals surface area contributed by atoms with Gasteiger partial charge in [-0.05, 0) is 100 Å². The summed E-state index contributed by atoms with van der Waals surface area (Å²) in [6.07, 6.45) is -8.82. The molecule has 0 aliphatic carbocycles. The van der Waals surface area contributed by atoms with Crippen molar-refractivity contribution >= 4 is 115 Å². The Kier molecular flexibility index (Phi) is 35.8. The number of hydrogen-bond donors (Lipinski definition) is 23. The highest BCUT2D eigenvalue weighted by molar-refractivity contribution is 7.53. The Morgan fingerprint density at radius 2 is 0.847 bits per heavy atom. The molecule has 2 saturated heterocycles. The van der Waals surface area contributed by atoms with E-state index < -0.39 is 276 Å². The van der Waals surface area contributed by atoms with Crippen molar-refractivity contribution in [3.05, 3.63) is 59.7 Å². The topological polar surface area (TPSA) is 714 Å². The number of benzene rings is 2. The number of amides is 12. The maximum Gasteiger partial charge on any atom is 0.613 e. The van der Waals surface area contributed by atoms with Crippen LogP contribution in [0.4, 0.5) is 0 Å². The molecule has 44 nitrogen and oxygen atoms in total. The van der Waals surface area contributed by atoms with Gasteiger partial charge < -0.3 is 115 Å². The van der Waals surface area contributed by atoms with Gasteiger partial charge in [0.05, 0.1) is 19.1 Å². The largest absolute Gasteiger partial charge is 0.613 e. The third-order valence-corrected chi connectivity index (χ3v) is 17.8. The Labute approximate surface area is 632 Å². The van der Waals surface area contributed by atoms with Gasteiger partial charge >= 0.3 is 44.0 Å². The van der Waals surface area contributed by atoms with Crippen LogP contribution in [0, 0.1) is 5.92 Å². The third-order valence-electron chi connectivity index (χ3n) is 17.4. The van der Waals surface area contributed by atoms with E-state index in [1.807, 2.05) is 0 Å². The highest BCUT2D eigenvalue weighted by Gasteiger charge is 2.44. The van der Waals surface area contributed by atoms with E-state index in [2.05, 4.69) is 58.9 Å². The van der Waals surface area contributed by atoms with Gasteiger partial charge in [0.1, 0.15) is 84.7 Å². The average Bonchev–Trinajstić information content (AvgIpc) is 1.73. The molecule has 2 aromatic carbocycles. The lowest BCUT2D eigenvalue weighted by molar-refractivity contribution is -0.403. The predicted molar refractivity (Wildman–Crippen MR) is 374 cm³/mol. The fraction of sp³-hybridized carbons (Fsp3) is 0.545. The minimum absolute atomic E-state index is 0.0569. The number of phenolic OH excluding ortho intramolecular Hbond substituents is 1. The number of aliphatic carboxylic acids is 6. The van der Waals surface area contributed by atoms with Gasteiger partial charge in [-0.1, -0.05) is 38.1 Å². The average molecular weight is 1600 g/mol. The summed E-state index contributed by atoms with van der Waals surface area (Å²) >= 11 is 0. The Hall–Kier alpha value is -11.3. The zero-order chi connectivity index (χ0) is 83.5. The van der Waals surface area contributed by atoms with Gasteiger partial charge in [-0.2, -0.15) is 14.7 Å². The first-order valence-corrected chi connectivity index (χ1v) is 36.2. The Morgan fingerprint density at radius 1 is 0.459 bits per heavy atom. The molecule has 2 aliphatic rings. The highest BCUT2D eigenvalue weighted by atomic mass is 31.2. The number of aliphatic hydroxyl groups excluding tert-OH is 2. The summed E-state index contributed by atoms with van der Waals surface area (Å²) < 4.78 is 4.70. The van der Waals surface area contributed by atoms with Crippen LogP contribution in [0.15, 0.2) is 48.5 Å². The molecule has 2 heterocycles. The number of aromatic hydroxyl groups is 1. The maximum atomic E-state index is 14.6. The number of aliphatic hydroxyl groups is 2. The number of rotatable bonds is 45. The minimum Gasteiger partial charge on any atom is -0.508 e. The first-order valence-electron chi connectivity index (χ1n) is 34.6. The summed E-state index contributed by atoms with van der Waals surface area (Å²) in [4.78, 5) is 268. The van der Waals surface area contributed by atoms with E-state index in [1.165, 1.54) is 50.2 Å². The van der Waals surface area contributed by atoms with Crippen LogP contribution >= 0.6 is 8.17 Å². The molecule has 0 aromatic heterocycles. The molecule has 612 valence electrons. The second-order valence-corrected chi connectivity index (χ2v) is 27.7. The van der Waals surface area contributed by atoms with Crippen molar-refractivity contribution in [2.45, 2.75) is 202 Å². The number of carboxylic acids is 6. The molecule has 4 rings (SSSR count). The number of nitrogens with zero attached hydrogens (tertiary/aromatic N) is 2. The molecule has 14 atom stereocenters. The van der Waals surface area contributed by atoms with Crippen molar-refractivity contribution in [3.8, 4) is 11.5 Å². The van der Waals surface area contributed by atoms with Crippen molar-refractivity contribution in [2.24, 2.45) is 5.92 Å². The SMILES string of the molecule is CC(C)[C@H](NC(=O)[C@H](CCC(=O)O)NC(=O)[C@@H](NC(=O)[C@@H]([NH3+])CC(=O)O)[C@@H](C)O)C(=O)N[C@@H](Cc1ccc(O)cc1)C(=O)N[C@@H](CCC(=O)O)C(=O)N[C@@H](CO)C(=O)N1CCC[C@H]1C(=O)N[C@@H](Cc1ccc(O[P+](O)(O)O)cc1)C(=O)N[C@@H](C)C(=O)N[C@@H](CC(=O)O)C(=O)N1CCC[C@H]1C(=O)N[C@@H](CCC(=O)O)C(=O)O. The molecule has 45 heteroatoms. The van der Waals surface area contributed by atoms with Gasteiger partial charge in [0, 0.05) is 45.2 Å². The van der Waals surface area contributed by atoms with Gasteiger partial charge in [-0.15, -0.1) is 0 Å². The zero-order valence-electron chi connectivity index (χ0n) is 60.5. The lowest BCUT2D eigenvalue weighted by Crippen LogP contribution is -2.70. The van der Waals surface area contributed by atoms with Gasteiger partial charge in [-0.3, -0.25) is 86.0 Å². The smallest absolute Gasteiger partial charge is 0.508 e. The van der Waals surface area contributed by atoms with Gasteiger partial charge in [0.15, 0.2) is 11.8 Å². The van der Waals surface area contributed by atoms with E-state index in [0.717, 1.165) is 35.8 Å². The lowest BCUT2D eigenvalue weighted by Gasteiger charge is -2.31. The number of nitrogens with one attached hydrogen (secondary N) is 10. The Bertz CT molecular complexity index is 3730. The highest BCUT2D eigenvalue weighted by Crippen LogP contribution is 2.46. The third kappa shape index (κ3) is 30.2. The van der Waals surface area contributed by atoms with Crippen molar-refractivity contribution < 1.29 is 157 Å². The summed E-state index contributed by atoms with van der Waals surface area (Å²) in [5.41, 5.74) is 3.81. The number of quaternary nitrogens is 1. The first kappa shape index (κ1) is 92.1. The number of hydrogen-bond acceptors (Lipinski definition) is 25. The summed E-state index contributed by atoms with van der Waals surface area (Å²) in [7, 11) is -4.85. The second kappa shape index (κ2) is 43.2. The van der Waals surface area contributed by atoms with E-state index in [9.17, 15) is 137 Å². The Balaban J connectivity index is 1.60. The molecule has 0 spiro atoms. The van der Waals surface area contributed by atoms with Crippen molar-refractivity contribution in [3.63, 3.8) is 0 Å². The Morgan fingerprint density at radius 3 is 1.30 bits per heavy atom. The van der Waals surface area contributed by atoms with Crippen LogP contribution in [0.5, 0.6) is 11.5 Å². The number of carbonyl (C=O) groups excluding carboxylic acids is 12. The molecule has 2 aliphatic heterocycles.